The number of hydrogen-bond acceptors (Lipinski definition) is 18. The molecule has 0 radical (unpaired) electrons. The molecule has 3 heterocycles. The molecule has 0 bridgehead atoms. The van der Waals surface area contributed by atoms with E-state index in [0.717, 1.165) is 116 Å². The predicted octanol–water partition coefficient (Wildman–Crippen LogP) is 10.4. The monoisotopic (exact) mass is 1330 g/mol. The lowest BCUT2D eigenvalue weighted by molar-refractivity contribution is -0.379. The van der Waals surface area contributed by atoms with Gasteiger partial charge in [0.05, 0.1) is 38.6 Å². The number of rotatable bonds is 55. The van der Waals surface area contributed by atoms with Crippen molar-refractivity contribution in [3.05, 3.63) is 97.2 Å². The molecule has 1 amide bonds. The quantitative estimate of drug-likeness (QED) is 0.0199. The maximum Gasteiger partial charge on any atom is 0.220 e. The second kappa shape index (κ2) is 55.6. The smallest absolute Gasteiger partial charge is 0.220 e. The summed E-state index contributed by atoms with van der Waals surface area (Å²) in [6.07, 6.45) is 46.5. The molecule has 19 heteroatoms. The van der Waals surface area contributed by atoms with Gasteiger partial charge in [-0.3, -0.25) is 4.79 Å². The molecule has 3 rings (SSSR count). The molecule has 0 aromatic carbocycles. The fraction of sp³-hybridized carbons (Fsp3) is 0.773. The van der Waals surface area contributed by atoms with Crippen LogP contribution in [0.2, 0.25) is 0 Å². The summed E-state index contributed by atoms with van der Waals surface area (Å²) in [7, 11) is 0. The molecular formula is C75H129NO18. The maximum atomic E-state index is 13.4. The molecule has 17 atom stereocenters. The molecule has 17 unspecified atom stereocenters. The molecule has 3 fully saturated rings. The molecule has 94 heavy (non-hydrogen) atoms. The zero-order valence-corrected chi connectivity index (χ0v) is 57.4. The lowest BCUT2D eigenvalue weighted by Gasteiger charge is -2.48. The third-order valence-corrected chi connectivity index (χ3v) is 17.6. The zero-order valence-electron chi connectivity index (χ0n) is 57.4. The molecule has 3 aliphatic rings. The van der Waals surface area contributed by atoms with Crippen LogP contribution in [-0.2, 0) is 33.2 Å². The highest BCUT2D eigenvalue weighted by Crippen LogP contribution is 2.33. The standard InChI is InChI=1S/C75H129NO18/c1-3-5-7-9-11-13-15-17-19-21-23-25-26-27-28-29-30-31-32-33-35-37-39-41-43-45-47-49-51-53-63(81)76-58(59(80)52-50-48-46-44-42-40-38-36-34-24-22-20-18-16-14-12-10-8-6-4-2)57-89-73-69(87)66(84)71(61(55-78)91-73)94-75-70(88)67(85)72(62(56-79)92-75)93-74-68(86)65(83)64(82)60(54-77)90-74/h5,7,11,13,17,19,23,25,27-28,30-31,33,35,50,52,58-62,64-75,77-80,82-88H,3-4,6,8-10,12,14-16,18,20-22,24,26,29,32,34,36-49,51,53-57H2,1-2H3,(H,76,81)/b7-5-,13-11-,19-17-,25-23-,28-27-,31-30-,35-33-,52-50+. The van der Waals surface area contributed by atoms with Crippen molar-refractivity contribution in [1.29, 1.82) is 0 Å². The van der Waals surface area contributed by atoms with E-state index >= 15 is 0 Å². The summed E-state index contributed by atoms with van der Waals surface area (Å²) in [4.78, 5) is 13.4. The first kappa shape index (κ1) is 84.9. The van der Waals surface area contributed by atoms with Gasteiger partial charge in [-0.15, -0.1) is 0 Å². The van der Waals surface area contributed by atoms with E-state index in [1.807, 2.05) is 6.08 Å². The van der Waals surface area contributed by atoms with E-state index in [2.05, 4.69) is 104 Å². The average Bonchev–Trinajstić information content (AvgIpc) is 0.787. The van der Waals surface area contributed by atoms with E-state index in [1.165, 1.54) is 96.3 Å². The number of aliphatic hydroxyl groups is 11. The Bertz CT molecular complexity index is 2080. The fourth-order valence-electron chi connectivity index (χ4n) is 11.8. The first-order valence-electron chi connectivity index (χ1n) is 36.5. The number of aliphatic hydroxyl groups excluding tert-OH is 11. The van der Waals surface area contributed by atoms with Crippen LogP contribution in [0.4, 0.5) is 0 Å². The normalized spacial score (nSPS) is 27.9. The Morgan fingerprint density at radius 2 is 0.734 bits per heavy atom. The lowest BCUT2D eigenvalue weighted by atomic mass is 9.96. The summed E-state index contributed by atoms with van der Waals surface area (Å²) in [6, 6.07) is -0.987. The number of nitrogens with one attached hydrogen (secondary N) is 1. The number of unbranched alkanes of at least 4 members (excludes halogenated alkanes) is 25. The predicted molar refractivity (Wildman–Crippen MR) is 369 cm³/mol. The SMILES string of the molecule is CC/C=C\C/C=C\C/C=C\C/C=C\C/C=C\C/C=C\C/C=C\CCCCCCCCCC(=O)NC(COC1OC(CO)C(OC2OC(CO)C(OC3OC(CO)C(O)C(O)C3O)C(O)C2O)C(O)C1O)C(O)/C=C/CCCCCCCCCCCCCCCCCCCC. The number of ether oxygens (including phenoxy) is 6. The highest BCUT2D eigenvalue weighted by atomic mass is 16.8. The van der Waals surface area contributed by atoms with Crippen LogP contribution in [-0.4, -0.2) is 193 Å². The van der Waals surface area contributed by atoms with Gasteiger partial charge in [0.1, 0.15) is 73.2 Å². The Hall–Kier alpha value is -3.29. The van der Waals surface area contributed by atoms with Gasteiger partial charge in [-0.1, -0.05) is 252 Å². The first-order chi connectivity index (χ1) is 45.8. The molecular weight excluding hydrogens is 1200 g/mol. The Morgan fingerprint density at radius 3 is 1.15 bits per heavy atom. The summed E-state index contributed by atoms with van der Waals surface area (Å²) in [6.45, 7) is 1.62. The molecule has 19 nitrogen and oxygen atoms in total. The van der Waals surface area contributed by atoms with Crippen LogP contribution in [0.15, 0.2) is 97.2 Å². The summed E-state index contributed by atoms with van der Waals surface area (Å²) < 4.78 is 34.4. The number of carbonyl (C=O) groups is 1. The summed E-state index contributed by atoms with van der Waals surface area (Å²) in [5, 5.41) is 121. The van der Waals surface area contributed by atoms with E-state index in [-0.39, 0.29) is 18.9 Å². The van der Waals surface area contributed by atoms with Crippen LogP contribution in [0, 0.1) is 0 Å². The van der Waals surface area contributed by atoms with Crippen LogP contribution in [0.1, 0.15) is 239 Å². The minimum Gasteiger partial charge on any atom is -0.394 e. The van der Waals surface area contributed by atoms with Crippen molar-refractivity contribution >= 4 is 5.91 Å². The number of hydrogen-bond donors (Lipinski definition) is 12. The molecule has 0 saturated carbocycles. The van der Waals surface area contributed by atoms with Crippen LogP contribution in [0.5, 0.6) is 0 Å². The largest absolute Gasteiger partial charge is 0.394 e. The van der Waals surface area contributed by atoms with Gasteiger partial charge in [-0.05, 0) is 77.0 Å². The molecule has 0 aromatic heterocycles. The molecule has 0 spiro atoms. The van der Waals surface area contributed by atoms with E-state index in [0.29, 0.717) is 6.42 Å². The zero-order chi connectivity index (χ0) is 68.2. The van der Waals surface area contributed by atoms with Gasteiger partial charge < -0.3 is 89.9 Å². The topological polar surface area (TPSA) is 307 Å². The Labute approximate surface area is 564 Å². The second-order valence-corrected chi connectivity index (χ2v) is 25.7. The summed E-state index contributed by atoms with van der Waals surface area (Å²) >= 11 is 0. The van der Waals surface area contributed by atoms with Gasteiger partial charge in [0.15, 0.2) is 18.9 Å². The minimum absolute atomic E-state index is 0.224. The second-order valence-electron chi connectivity index (χ2n) is 25.7. The van der Waals surface area contributed by atoms with Crippen molar-refractivity contribution in [2.45, 2.75) is 343 Å². The van der Waals surface area contributed by atoms with Crippen molar-refractivity contribution in [1.82, 2.24) is 5.32 Å². The van der Waals surface area contributed by atoms with Crippen LogP contribution >= 0.6 is 0 Å². The van der Waals surface area contributed by atoms with E-state index in [1.54, 1.807) is 6.08 Å². The molecule has 542 valence electrons. The lowest BCUT2D eigenvalue weighted by Crippen LogP contribution is -2.66. The highest BCUT2D eigenvalue weighted by molar-refractivity contribution is 5.76. The number of carbonyl (C=O) groups excluding carboxylic acids is 1. The Morgan fingerprint density at radius 1 is 0.394 bits per heavy atom. The number of allylic oxidation sites excluding steroid dienone is 15. The van der Waals surface area contributed by atoms with Crippen molar-refractivity contribution < 1.29 is 89.4 Å². The van der Waals surface area contributed by atoms with Gasteiger partial charge in [0.25, 0.3) is 0 Å². The highest BCUT2D eigenvalue weighted by Gasteiger charge is 2.53. The van der Waals surface area contributed by atoms with Crippen molar-refractivity contribution in [2.24, 2.45) is 0 Å². The Kier molecular flexibility index (Phi) is 50.2. The van der Waals surface area contributed by atoms with Crippen LogP contribution in [0.3, 0.4) is 0 Å². The van der Waals surface area contributed by atoms with Crippen LogP contribution < -0.4 is 5.32 Å². The van der Waals surface area contributed by atoms with Crippen molar-refractivity contribution in [2.75, 3.05) is 26.4 Å². The van der Waals surface area contributed by atoms with E-state index < -0.39 is 124 Å². The minimum atomic E-state index is -1.98. The molecule has 0 aliphatic carbocycles. The van der Waals surface area contributed by atoms with Crippen molar-refractivity contribution in [3.63, 3.8) is 0 Å². The number of amides is 1. The molecule has 0 aromatic rings. The van der Waals surface area contributed by atoms with E-state index in [9.17, 15) is 61.0 Å². The van der Waals surface area contributed by atoms with Gasteiger partial charge in [0.2, 0.25) is 5.91 Å². The molecule has 3 aliphatic heterocycles. The van der Waals surface area contributed by atoms with Gasteiger partial charge in [0, 0.05) is 6.42 Å². The fourth-order valence-corrected chi connectivity index (χ4v) is 11.8. The van der Waals surface area contributed by atoms with Crippen molar-refractivity contribution in [3.8, 4) is 0 Å². The van der Waals surface area contributed by atoms with Crippen LogP contribution in [0.25, 0.3) is 0 Å². The van der Waals surface area contributed by atoms with E-state index in [4.69, 9.17) is 28.4 Å². The van der Waals surface area contributed by atoms with Gasteiger partial charge >= 0.3 is 0 Å². The maximum absolute atomic E-state index is 13.4. The molecule has 3 saturated heterocycles. The summed E-state index contributed by atoms with van der Waals surface area (Å²) in [5.41, 5.74) is 0. The summed E-state index contributed by atoms with van der Waals surface area (Å²) in [5.74, 6) is -0.289. The average molecular weight is 1330 g/mol. The Balaban J connectivity index is 1.43. The first-order valence-corrected chi connectivity index (χ1v) is 36.5. The third kappa shape index (κ3) is 36.5. The third-order valence-electron chi connectivity index (χ3n) is 17.6. The van der Waals surface area contributed by atoms with Gasteiger partial charge in [-0.25, -0.2) is 0 Å². The molecule has 12 N–H and O–H groups in total. The van der Waals surface area contributed by atoms with Gasteiger partial charge in [-0.2, -0.15) is 0 Å².